The molecule has 70 valence electrons. The van der Waals surface area contributed by atoms with Gasteiger partial charge >= 0.3 is 0 Å². The molecule has 0 saturated carbocycles. The number of nitrogens with one attached hydrogen (secondary N) is 1. The van der Waals surface area contributed by atoms with E-state index in [-0.39, 0.29) is 0 Å². The zero-order valence-electron chi connectivity index (χ0n) is 7.46. The fraction of sp³-hybridized carbons (Fsp3) is 0.500. The van der Waals surface area contributed by atoms with Crippen LogP contribution in [0.15, 0.2) is 22.9 Å². The van der Waals surface area contributed by atoms with Crippen molar-refractivity contribution in [1.82, 2.24) is 10.3 Å². The third kappa shape index (κ3) is 2.29. The van der Waals surface area contributed by atoms with Crippen molar-refractivity contribution < 1.29 is 0 Å². The molecule has 1 N–H and O–H groups in total. The number of nitrogens with zero attached hydrogens (tertiary/aromatic N) is 1. The molecule has 1 aliphatic heterocycles. The highest BCUT2D eigenvalue weighted by atomic mass is 79.9. The van der Waals surface area contributed by atoms with Gasteiger partial charge in [0.15, 0.2) is 0 Å². The lowest BCUT2D eigenvalue weighted by atomic mass is 9.93. The molecule has 0 unspecified atom stereocenters. The van der Waals surface area contributed by atoms with E-state index >= 15 is 0 Å². The minimum absolute atomic E-state index is 0.652. The first kappa shape index (κ1) is 9.16. The van der Waals surface area contributed by atoms with Crippen LogP contribution in [0.5, 0.6) is 0 Å². The van der Waals surface area contributed by atoms with Gasteiger partial charge in [0.1, 0.15) is 0 Å². The molecule has 0 spiro atoms. The molecule has 3 heteroatoms. The van der Waals surface area contributed by atoms with Crippen LogP contribution < -0.4 is 5.32 Å². The average molecular weight is 241 g/mol. The van der Waals surface area contributed by atoms with Crippen LogP contribution in [0, 0.1) is 0 Å². The third-order valence-corrected chi connectivity index (χ3v) is 2.93. The van der Waals surface area contributed by atoms with Crippen molar-refractivity contribution in [1.29, 1.82) is 0 Å². The number of halogens is 1. The molecule has 1 atom stereocenters. The molecule has 0 aromatic carbocycles. The average Bonchev–Trinajstić information content (AvgIpc) is 2.19. The second-order valence-corrected chi connectivity index (χ2v) is 4.40. The lowest BCUT2D eigenvalue weighted by molar-refractivity contribution is 0.461. The standard InChI is InChI=1S/C10H13BrN2/c11-10-4-9(6-13-7-10)8-2-1-3-12-5-8/h4,6-8,12H,1-3,5H2/t8-/m0/s1. The summed E-state index contributed by atoms with van der Waals surface area (Å²) in [5, 5.41) is 3.41. The second kappa shape index (κ2) is 4.20. The topological polar surface area (TPSA) is 24.9 Å². The molecule has 1 saturated heterocycles. The van der Waals surface area contributed by atoms with Gasteiger partial charge in [0.25, 0.3) is 0 Å². The monoisotopic (exact) mass is 240 g/mol. The highest BCUT2D eigenvalue weighted by Gasteiger charge is 2.14. The molecule has 0 amide bonds. The van der Waals surface area contributed by atoms with E-state index in [0.29, 0.717) is 5.92 Å². The van der Waals surface area contributed by atoms with Crippen LogP contribution in [-0.4, -0.2) is 18.1 Å². The minimum atomic E-state index is 0.652. The van der Waals surface area contributed by atoms with E-state index in [0.717, 1.165) is 17.6 Å². The summed E-state index contributed by atoms with van der Waals surface area (Å²) in [6.07, 6.45) is 6.37. The number of hydrogen-bond acceptors (Lipinski definition) is 2. The molecule has 1 aromatic heterocycles. The molecule has 2 nitrogen and oxygen atoms in total. The molecule has 13 heavy (non-hydrogen) atoms. The number of pyridine rings is 1. The molecule has 0 radical (unpaired) electrons. The van der Waals surface area contributed by atoms with E-state index in [1.165, 1.54) is 18.4 Å². The van der Waals surface area contributed by atoms with Gasteiger partial charge in [-0.25, -0.2) is 0 Å². The van der Waals surface area contributed by atoms with Gasteiger partial charge in [0.2, 0.25) is 0 Å². The Labute approximate surface area is 86.9 Å². The Morgan fingerprint density at radius 2 is 2.38 bits per heavy atom. The lowest BCUT2D eigenvalue weighted by Gasteiger charge is -2.22. The molecule has 2 heterocycles. The summed E-state index contributed by atoms with van der Waals surface area (Å²) in [6.45, 7) is 2.26. The van der Waals surface area contributed by atoms with Crippen molar-refractivity contribution in [3.8, 4) is 0 Å². The van der Waals surface area contributed by atoms with Crippen LogP contribution in [0.25, 0.3) is 0 Å². The van der Waals surface area contributed by atoms with Crippen molar-refractivity contribution in [3.63, 3.8) is 0 Å². The van der Waals surface area contributed by atoms with E-state index in [9.17, 15) is 0 Å². The van der Waals surface area contributed by atoms with Crippen LogP contribution in [-0.2, 0) is 0 Å². The van der Waals surface area contributed by atoms with Gasteiger partial charge in [-0.15, -0.1) is 0 Å². The fourth-order valence-corrected chi connectivity index (χ4v) is 2.17. The van der Waals surface area contributed by atoms with Crippen molar-refractivity contribution >= 4 is 15.9 Å². The van der Waals surface area contributed by atoms with E-state index in [1.807, 2.05) is 12.4 Å². The summed E-state index contributed by atoms with van der Waals surface area (Å²) in [5.41, 5.74) is 1.35. The number of hydrogen-bond donors (Lipinski definition) is 1. The zero-order valence-corrected chi connectivity index (χ0v) is 9.05. The van der Waals surface area contributed by atoms with Gasteiger partial charge < -0.3 is 5.32 Å². The maximum absolute atomic E-state index is 4.18. The van der Waals surface area contributed by atoms with Crippen molar-refractivity contribution in [2.75, 3.05) is 13.1 Å². The van der Waals surface area contributed by atoms with Crippen molar-refractivity contribution in [2.24, 2.45) is 0 Å². The highest BCUT2D eigenvalue weighted by Crippen LogP contribution is 2.24. The van der Waals surface area contributed by atoms with Gasteiger partial charge in [-0.1, -0.05) is 0 Å². The van der Waals surface area contributed by atoms with Gasteiger partial charge in [-0.3, -0.25) is 4.98 Å². The van der Waals surface area contributed by atoms with Crippen LogP contribution >= 0.6 is 15.9 Å². The summed E-state index contributed by atoms with van der Waals surface area (Å²) < 4.78 is 1.08. The first-order valence-corrected chi connectivity index (χ1v) is 5.47. The predicted octanol–water partition coefficient (Wildman–Crippen LogP) is 2.31. The quantitative estimate of drug-likeness (QED) is 0.816. The first-order chi connectivity index (χ1) is 6.36. The zero-order chi connectivity index (χ0) is 9.10. The third-order valence-electron chi connectivity index (χ3n) is 2.49. The lowest BCUT2D eigenvalue weighted by Crippen LogP contribution is -2.28. The van der Waals surface area contributed by atoms with Crippen molar-refractivity contribution in [2.45, 2.75) is 18.8 Å². The van der Waals surface area contributed by atoms with Gasteiger partial charge in [0, 0.05) is 23.4 Å². The maximum Gasteiger partial charge on any atom is 0.0410 e. The van der Waals surface area contributed by atoms with Gasteiger partial charge in [0.05, 0.1) is 0 Å². The predicted molar refractivity (Wildman–Crippen MR) is 56.8 cm³/mol. The largest absolute Gasteiger partial charge is 0.316 e. The Kier molecular flexibility index (Phi) is 2.96. The number of piperidine rings is 1. The molecule has 1 aromatic rings. The normalized spacial score (nSPS) is 23.0. The van der Waals surface area contributed by atoms with Crippen LogP contribution in [0.2, 0.25) is 0 Å². The molecular weight excluding hydrogens is 228 g/mol. The fourth-order valence-electron chi connectivity index (χ4n) is 1.79. The summed E-state index contributed by atoms with van der Waals surface area (Å²) in [7, 11) is 0. The van der Waals surface area contributed by atoms with Crippen molar-refractivity contribution in [3.05, 3.63) is 28.5 Å². The van der Waals surface area contributed by atoms with E-state index in [1.54, 1.807) is 0 Å². The highest BCUT2D eigenvalue weighted by molar-refractivity contribution is 9.10. The smallest absolute Gasteiger partial charge is 0.0410 e. The molecule has 0 aliphatic carbocycles. The first-order valence-electron chi connectivity index (χ1n) is 4.67. The Bertz CT molecular complexity index is 282. The minimum Gasteiger partial charge on any atom is -0.316 e. The summed E-state index contributed by atoms with van der Waals surface area (Å²) in [6, 6.07) is 2.17. The van der Waals surface area contributed by atoms with Crippen LogP contribution in [0.3, 0.4) is 0 Å². The van der Waals surface area contributed by atoms with Crippen LogP contribution in [0.4, 0.5) is 0 Å². The van der Waals surface area contributed by atoms with Gasteiger partial charge in [-0.05, 0) is 52.9 Å². The molecule has 1 aliphatic rings. The molecular formula is C10H13BrN2. The summed E-state index contributed by atoms with van der Waals surface area (Å²) in [5.74, 6) is 0.652. The SMILES string of the molecule is Brc1cncc([C@H]2CCCNC2)c1. The molecule has 1 fully saturated rings. The second-order valence-electron chi connectivity index (χ2n) is 3.48. The Balaban J connectivity index is 2.14. The maximum atomic E-state index is 4.18. The Hall–Kier alpha value is -0.410. The van der Waals surface area contributed by atoms with E-state index in [4.69, 9.17) is 0 Å². The molecule has 0 bridgehead atoms. The summed E-state index contributed by atoms with van der Waals surface area (Å²) >= 11 is 3.45. The number of rotatable bonds is 1. The summed E-state index contributed by atoms with van der Waals surface area (Å²) in [4.78, 5) is 4.18. The van der Waals surface area contributed by atoms with Crippen LogP contribution in [0.1, 0.15) is 24.3 Å². The Morgan fingerprint density at radius 3 is 3.08 bits per heavy atom. The van der Waals surface area contributed by atoms with Gasteiger partial charge in [-0.2, -0.15) is 0 Å². The van der Waals surface area contributed by atoms with E-state index < -0.39 is 0 Å². The molecule has 2 rings (SSSR count). The number of aromatic nitrogens is 1. The van der Waals surface area contributed by atoms with E-state index in [2.05, 4.69) is 32.3 Å². The Morgan fingerprint density at radius 1 is 1.46 bits per heavy atom.